The molecule has 2 heterocycles. The third kappa shape index (κ3) is 6.07. The van der Waals surface area contributed by atoms with Crippen LogP contribution in [-0.2, 0) is 4.79 Å². The molecule has 3 aromatic rings. The van der Waals surface area contributed by atoms with Gasteiger partial charge >= 0.3 is 0 Å². The molecule has 0 unspecified atom stereocenters. The van der Waals surface area contributed by atoms with E-state index >= 15 is 0 Å². The molecule has 1 aliphatic rings. The molecule has 8 nitrogen and oxygen atoms in total. The normalized spacial score (nSPS) is 13.5. The molecule has 1 aliphatic heterocycles. The van der Waals surface area contributed by atoms with Crippen LogP contribution in [-0.4, -0.2) is 62.0 Å². The zero-order chi connectivity index (χ0) is 23.0. The minimum absolute atomic E-state index is 0.0958. The van der Waals surface area contributed by atoms with Gasteiger partial charge in [0.2, 0.25) is 5.91 Å². The number of carbonyl (C=O) groups excluding carboxylic acids is 1. The number of amides is 1. The average Bonchev–Trinajstić information content (AvgIpc) is 2.88. The molecule has 0 atom stereocenters. The van der Waals surface area contributed by atoms with Gasteiger partial charge in [0, 0.05) is 49.7 Å². The summed E-state index contributed by atoms with van der Waals surface area (Å²) < 4.78 is 10.4. The van der Waals surface area contributed by atoms with Gasteiger partial charge in [-0.15, -0.1) is 0 Å². The molecule has 0 aliphatic carbocycles. The quantitative estimate of drug-likeness (QED) is 0.400. The number of piperazine rings is 1. The predicted molar refractivity (Wildman–Crippen MR) is 132 cm³/mol. The highest BCUT2D eigenvalue weighted by atomic mass is 32.2. The van der Waals surface area contributed by atoms with Gasteiger partial charge in [0.25, 0.3) is 0 Å². The van der Waals surface area contributed by atoms with E-state index in [1.807, 2.05) is 36.4 Å². The Morgan fingerprint density at radius 2 is 1.67 bits per heavy atom. The Hall–Kier alpha value is -3.46. The Kier molecular flexibility index (Phi) is 7.51. The molecule has 33 heavy (non-hydrogen) atoms. The third-order valence-corrected chi connectivity index (χ3v) is 6.30. The van der Waals surface area contributed by atoms with Crippen molar-refractivity contribution < 1.29 is 14.3 Å². The van der Waals surface area contributed by atoms with E-state index in [9.17, 15) is 4.79 Å². The summed E-state index contributed by atoms with van der Waals surface area (Å²) in [5, 5.41) is 3.66. The summed E-state index contributed by atoms with van der Waals surface area (Å²) in [6.45, 7) is 3.54. The van der Waals surface area contributed by atoms with Crippen LogP contribution in [0.3, 0.4) is 0 Å². The van der Waals surface area contributed by atoms with Crippen LogP contribution in [0.2, 0.25) is 0 Å². The molecule has 1 fully saturated rings. The fourth-order valence-corrected chi connectivity index (χ4v) is 4.27. The standard InChI is InChI=1S/C24H27N5O3S/c1-31-20-8-6-19(7-9-20)28-10-12-29(13-11-28)22-15-24(26-17-25-22)33-16-23(30)27-18-4-3-5-21(14-18)32-2/h3-9,14-15,17H,10-13,16H2,1-2H3,(H,27,30). The highest BCUT2D eigenvalue weighted by Crippen LogP contribution is 2.24. The fraction of sp³-hybridized carbons (Fsp3) is 0.292. The number of hydrogen-bond acceptors (Lipinski definition) is 8. The molecule has 4 rings (SSSR count). The minimum Gasteiger partial charge on any atom is -0.497 e. The lowest BCUT2D eigenvalue weighted by Gasteiger charge is -2.36. The number of carbonyl (C=O) groups is 1. The van der Waals surface area contributed by atoms with Gasteiger partial charge in [-0.2, -0.15) is 0 Å². The second-order valence-corrected chi connectivity index (χ2v) is 8.45. The number of ether oxygens (including phenoxy) is 2. The Morgan fingerprint density at radius 1 is 0.939 bits per heavy atom. The van der Waals surface area contributed by atoms with E-state index in [0.29, 0.717) is 11.4 Å². The molecule has 9 heteroatoms. The topological polar surface area (TPSA) is 79.8 Å². The Morgan fingerprint density at radius 3 is 2.39 bits per heavy atom. The lowest BCUT2D eigenvalue weighted by atomic mass is 10.2. The van der Waals surface area contributed by atoms with Crippen LogP contribution in [0.25, 0.3) is 0 Å². The summed E-state index contributed by atoms with van der Waals surface area (Å²) in [6, 6.07) is 17.4. The molecule has 1 N–H and O–H groups in total. The Bertz CT molecular complexity index is 1070. The number of anilines is 3. The number of hydrogen-bond donors (Lipinski definition) is 1. The first-order valence-electron chi connectivity index (χ1n) is 10.7. The molecule has 0 spiro atoms. The molecule has 1 amide bonds. The molecule has 0 bridgehead atoms. The summed E-state index contributed by atoms with van der Waals surface area (Å²) in [4.78, 5) is 25.7. The molecule has 2 aromatic carbocycles. The van der Waals surface area contributed by atoms with Crippen LogP contribution in [0.4, 0.5) is 17.2 Å². The summed E-state index contributed by atoms with van der Waals surface area (Å²) in [5.41, 5.74) is 1.90. The number of nitrogens with zero attached hydrogens (tertiary/aromatic N) is 4. The highest BCUT2D eigenvalue weighted by Gasteiger charge is 2.19. The lowest BCUT2D eigenvalue weighted by Crippen LogP contribution is -2.46. The number of rotatable bonds is 8. The van der Waals surface area contributed by atoms with E-state index in [0.717, 1.165) is 42.8 Å². The van der Waals surface area contributed by atoms with Crippen molar-refractivity contribution >= 4 is 34.9 Å². The summed E-state index contributed by atoms with van der Waals surface area (Å²) in [5.74, 6) is 2.61. The van der Waals surface area contributed by atoms with E-state index in [1.54, 1.807) is 26.6 Å². The highest BCUT2D eigenvalue weighted by molar-refractivity contribution is 7.99. The van der Waals surface area contributed by atoms with Crippen LogP contribution in [0.5, 0.6) is 11.5 Å². The van der Waals surface area contributed by atoms with E-state index in [4.69, 9.17) is 9.47 Å². The van der Waals surface area contributed by atoms with Crippen molar-refractivity contribution in [3.63, 3.8) is 0 Å². The zero-order valence-corrected chi connectivity index (χ0v) is 19.5. The second kappa shape index (κ2) is 10.9. The first kappa shape index (κ1) is 22.7. The van der Waals surface area contributed by atoms with E-state index < -0.39 is 0 Å². The van der Waals surface area contributed by atoms with Crippen molar-refractivity contribution in [1.82, 2.24) is 9.97 Å². The maximum absolute atomic E-state index is 12.3. The van der Waals surface area contributed by atoms with Gasteiger partial charge in [-0.05, 0) is 36.4 Å². The smallest absolute Gasteiger partial charge is 0.234 e. The third-order valence-electron chi connectivity index (χ3n) is 5.37. The van der Waals surface area contributed by atoms with Gasteiger partial charge < -0.3 is 24.6 Å². The van der Waals surface area contributed by atoms with Gasteiger partial charge in [0.1, 0.15) is 28.7 Å². The Balaban J connectivity index is 1.29. The maximum Gasteiger partial charge on any atom is 0.234 e. The van der Waals surface area contributed by atoms with E-state index in [2.05, 4.69) is 37.2 Å². The number of aromatic nitrogens is 2. The number of thioether (sulfide) groups is 1. The van der Waals surface area contributed by atoms with Crippen LogP contribution in [0.1, 0.15) is 0 Å². The van der Waals surface area contributed by atoms with Crippen molar-refractivity contribution in [3.8, 4) is 11.5 Å². The van der Waals surface area contributed by atoms with Crippen molar-refractivity contribution in [1.29, 1.82) is 0 Å². The first-order valence-corrected chi connectivity index (χ1v) is 11.7. The Labute approximate surface area is 197 Å². The van der Waals surface area contributed by atoms with Crippen LogP contribution in [0.15, 0.2) is 66.0 Å². The molecule has 172 valence electrons. The average molecular weight is 466 g/mol. The van der Waals surface area contributed by atoms with Gasteiger partial charge in [-0.1, -0.05) is 17.8 Å². The monoisotopic (exact) mass is 465 g/mol. The molecule has 0 saturated carbocycles. The fourth-order valence-electron chi connectivity index (χ4n) is 3.61. The van der Waals surface area contributed by atoms with Crippen LogP contribution < -0.4 is 24.6 Å². The molecule has 1 saturated heterocycles. The first-order chi connectivity index (χ1) is 16.1. The number of nitrogens with one attached hydrogen (secondary N) is 1. The zero-order valence-electron chi connectivity index (χ0n) is 18.7. The van der Waals surface area contributed by atoms with Crippen LogP contribution >= 0.6 is 11.8 Å². The summed E-state index contributed by atoms with van der Waals surface area (Å²) in [7, 11) is 3.28. The van der Waals surface area contributed by atoms with E-state index in [1.165, 1.54) is 17.4 Å². The summed E-state index contributed by atoms with van der Waals surface area (Å²) in [6.07, 6.45) is 1.56. The van der Waals surface area contributed by atoms with Crippen molar-refractivity contribution in [2.75, 3.05) is 61.3 Å². The minimum atomic E-state index is -0.0958. The molecular weight excluding hydrogens is 438 g/mol. The molecule has 0 radical (unpaired) electrons. The molecule has 1 aromatic heterocycles. The van der Waals surface area contributed by atoms with Crippen molar-refractivity contribution in [2.45, 2.75) is 5.03 Å². The second-order valence-electron chi connectivity index (χ2n) is 7.46. The van der Waals surface area contributed by atoms with Gasteiger partial charge in [0.15, 0.2) is 0 Å². The number of benzene rings is 2. The largest absolute Gasteiger partial charge is 0.497 e. The van der Waals surface area contributed by atoms with Gasteiger partial charge in [-0.25, -0.2) is 9.97 Å². The maximum atomic E-state index is 12.3. The molecular formula is C24H27N5O3S. The summed E-state index contributed by atoms with van der Waals surface area (Å²) >= 11 is 1.39. The lowest BCUT2D eigenvalue weighted by molar-refractivity contribution is -0.113. The van der Waals surface area contributed by atoms with Crippen molar-refractivity contribution in [3.05, 3.63) is 60.9 Å². The SMILES string of the molecule is COc1ccc(N2CCN(c3cc(SCC(=O)Nc4cccc(OC)c4)ncn3)CC2)cc1. The van der Waals surface area contributed by atoms with Crippen molar-refractivity contribution in [2.24, 2.45) is 0 Å². The van der Waals surface area contributed by atoms with Gasteiger partial charge in [-0.3, -0.25) is 4.79 Å². The van der Waals surface area contributed by atoms with E-state index in [-0.39, 0.29) is 11.7 Å². The van der Waals surface area contributed by atoms with Gasteiger partial charge in [0.05, 0.1) is 20.0 Å². The number of methoxy groups -OCH3 is 2. The predicted octanol–water partition coefficient (Wildman–Crippen LogP) is 3.55. The van der Waals surface area contributed by atoms with Crippen LogP contribution in [0, 0.1) is 0 Å².